The predicted octanol–water partition coefficient (Wildman–Crippen LogP) is 5.88. The maximum Gasteiger partial charge on any atom is 0.167 e. The highest BCUT2D eigenvalue weighted by molar-refractivity contribution is 5.19. The van der Waals surface area contributed by atoms with Crippen LogP contribution in [0.4, 0.5) is 8.78 Å². The summed E-state index contributed by atoms with van der Waals surface area (Å²) >= 11 is 0. The number of methoxy groups -OCH3 is 2. The van der Waals surface area contributed by atoms with Gasteiger partial charge < -0.3 is 9.47 Å². The summed E-state index contributed by atoms with van der Waals surface area (Å²) in [4.78, 5) is 0. The molecule has 0 radical (unpaired) electrons. The maximum atomic E-state index is 14.0. The fraction of sp³-hybridized carbons (Fsp3) is 0.700. The first kappa shape index (κ1) is 21.0. The van der Waals surface area contributed by atoms with Gasteiger partial charge in [0.25, 0.3) is 0 Å². The lowest BCUT2D eigenvalue weighted by molar-refractivity contribution is -0.228. The van der Waals surface area contributed by atoms with Gasteiger partial charge in [-0.3, -0.25) is 0 Å². The summed E-state index contributed by atoms with van der Waals surface area (Å²) in [5.74, 6) is -1.81. The highest BCUT2D eigenvalue weighted by Gasteiger charge is 2.34. The molecule has 138 valence electrons. The van der Waals surface area contributed by atoms with Gasteiger partial charge in [0.05, 0.1) is 0 Å². The van der Waals surface area contributed by atoms with E-state index in [1.54, 1.807) is 14.2 Å². The van der Waals surface area contributed by atoms with E-state index in [1.165, 1.54) is 37.8 Å². The van der Waals surface area contributed by atoms with E-state index in [9.17, 15) is 8.78 Å². The molecule has 0 aliphatic heterocycles. The Labute approximate surface area is 145 Å². The smallest absolute Gasteiger partial charge is 0.167 e. The molecule has 1 aromatic carbocycles. The van der Waals surface area contributed by atoms with Gasteiger partial charge in [-0.05, 0) is 31.4 Å². The second-order valence-electron chi connectivity index (χ2n) is 6.62. The predicted molar refractivity (Wildman–Crippen MR) is 94.0 cm³/mol. The maximum absolute atomic E-state index is 14.0. The van der Waals surface area contributed by atoms with Gasteiger partial charge in [0.15, 0.2) is 5.79 Å². The summed E-state index contributed by atoms with van der Waals surface area (Å²) in [6, 6.07) is 3.76. The first-order valence-corrected chi connectivity index (χ1v) is 9.01. The van der Waals surface area contributed by atoms with Crippen LogP contribution < -0.4 is 0 Å². The molecule has 0 aromatic heterocycles. The third-order valence-corrected chi connectivity index (χ3v) is 4.94. The monoisotopic (exact) mass is 342 g/mol. The van der Waals surface area contributed by atoms with Crippen molar-refractivity contribution in [1.82, 2.24) is 0 Å². The van der Waals surface area contributed by atoms with Crippen LogP contribution in [0, 0.1) is 17.6 Å². The third-order valence-electron chi connectivity index (χ3n) is 4.94. The van der Waals surface area contributed by atoms with Crippen LogP contribution in [-0.4, -0.2) is 20.0 Å². The highest BCUT2D eigenvalue weighted by Crippen LogP contribution is 2.31. The average molecular weight is 342 g/mol. The summed E-state index contributed by atoms with van der Waals surface area (Å²) in [6.45, 7) is 4.09. The van der Waals surface area contributed by atoms with E-state index < -0.39 is 17.4 Å². The van der Waals surface area contributed by atoms with Gasteiger partial charge in [-0.2, -0.15) is 0 Å². The Morgan fingerprint density at radius 3 is 2.21 bits per heavy atom. The fourth-order valence-corrected chi connectivity index (χ4v) is 3.09. The normalized spacial score (nSPS) is 13.2. The number of hydrogen-bond donors (Lipinski definition) is 0. The summed E-state index contributed by atoms with van der Waals surface area (Å²) < 4.78 is 38.2. The van der Waals surface area contributed by atoms with Gasteiger partial charge in [-0.1, -0.05) is 51.5 Å². The summed E-state index contributed by atoms with van der Waals surface area (Å²) in [5.41, 5.74) is 0.507. The Balaban J connectivity index is 2.71. The fourth-order valence-electron chi connectivity index (χ4n) is 3.09. The standard InChI is InChI=1S/C20H32F2O2/c1-5-6-7-8-9-10-11-17(20(2,23-3)24-4)14-16-12-13-18(21)15-19(16)22/h12-13,15,17H,5-11,14H2,1-4H3. The van der Waals surface area contributed by atoms with Gasteiger partial charge >= 0.3 is 0 Å². The Hall–Kier alpha value is -1.00. The van der Waals surface area contributed by atoms with Crippen molar-refractivity contribution in [3.63, 3.8) is 0 Å². The molecule has 4 heteroatoms. The van der Waals surface area contributed by atoms with E-state index in [2.05, 4.69) is 6.92 Å². The van der Waals surface area contributed by atoms with Gasteiger partial charge in [0, 0.05) is 26.2 Å². The number of ether oxygens (including phenoxy) is 2. The van der Waals surface area contributed by atoms with Crippen LogP contribution in [0.1, 0.15) is 64.4 Å². The number of rotatable bonds is 12. The lowest BCUT2D eigenvalue weighted by atomic mass is 9.86. The quantitative estimate of drug-likeness (QED) is 0.349. The second kappa shape index (κ2) is 10.8. The molecule has 0 aliphatic rings. The lowest BCUT2D eigenvalue weighted by Crippen LogP contribution is -2.40. The molecule has 0 saturated heterocycles. The average Bonchev–Trinajstić information content (AvgIpc) is 2.58. The second-order valence-corrected chi connectivity index (χ2v) is 6.62. The Morgan fingerprint density at radius 1 is 1.00 bits per heavy atom. The van der Waals surface area contributed by atoms with Crippen molar-refractivity contribution < 1.29 is 18.3 Å². The van der Waals surface area contributed by atoms with Crippen molar-refractivity contribution in [3.8, 4) is 0 Å². The van der Waals surface area contributed by atoms with Crippen LogP contribution >= 0.6 is 0 Å². The molecule has 1 aromatic rings. The Morgan fingerprint density at radius 2 is 1.62 bits per heavy atom. The minimum absolute atomic E-state index is 0.0126. The minimum atomic E-state index is -0.774. The van der Waals surface area contributed by atoms with E-state index in [-0.39, 0.29) is 5.92 Å². The zero-order valence-corrected chi connectivity index (χ0v) is 15.5. The highest BCUT2D eigenvalue weighted by atomic mass is 19.1. The van der Waals surface area contributed by atoms with Gasteiger partial charge in [0.2, 0.25) is 0 Å². The first-order chi connectivity index (χ1) is 11.5. The van der Waals surface area contributed by atoms with Crippen molar-refractivity contribution in [2.75, 3.05) is 14.2 Å². The molecule has 0 N–H and O–H groups in total. The summed E-state index contributed by atoms with van der Waals surface area (Å²) in [6.07, 6.45) is 8.57. The first-order valence-electron chi connectivity index (χ1n) is 9.01. The van der Waals surface area contributed by atoms with Crippen LogP contribution in [0.3, 0.4) is 0 Å². The third kappa shape index (κ3) is 6.48. The zero-order chi connectivity index (χ0) is 18.0. The molecule has 0 heterocycles. The van der Waals surface area contributed by atoms with E-state index >= 15 is 0 Å². The number of unbranched alkanes of at least 4 members (excludes halogenated alkanes) is 5. The van der Waals surface area contributed by atoms with Crippen molar-refractivity contribution in [2.24, 2.45) is 5.92 Å². The van der Waals surface area contributed by atoms with E-state index in [1.807, 2.05) is 6.92 Å². The van der Waals surface area contributed by atoms with Crippen molar-refractivity contribution in [2.45, 2.75) is 71.0 Å². The van der Waals surface area contributed by atoms with Crippen molar-refractivity contribution in [3.05, 3.63) is 35.4 Å². The van der Waals surface area contributed by atoms with Gasteiger partial charge in [0.1, 0.15) is 11.6 Å². The molecule has 1 atom stereocenters. The molecule has 0 saturated carbocycles. The SMILES string of the molecule is CCCCCCCCC(Cc1ccc(F)cc1F)C(C)(OC)OC. The van der Waals surface area contributed by atoms with Gasteiger partial charge in [-0.15, -0.1) is 0 Å². The molecule has 0 spiro atoms. The van der Waals surface area contributed by atoms with Crippen molar-refractivity contribution in [1.29, 1.82) is 0 Å². The van der Waals surface area contributed by atoms with Crippen LogP contribution in [0.15, 0.2) is 18.2 Å². The molecule has 1 rings (SSSR count). The molecule has 0 bridgehead atoms. The van der Waals surface area contributed by atoms with E-state index in [0.717, 1.165) is 25.3 Å². The van der Waals surface area contributed by atoms with Crippen LogP contribution in [0.2, 0.25) is 0 Å². The van der Waals surface area contributed by atoms with Crippen LogP contribution in [-0.2, 0) is 15.9 Å². The Bertz CT molecular complexity index is 473. The minimum Gasteiger partial charge on any atom is -0.353 e. The lowest BCUT2D eigenvalue weighted by Gasteiger charge is -2.35. The van der Waals surface area contributed by atoms with Crippen molar-refractivity contribution >= 4 is 0 Å². The van der Waals surface area contributed by atoms with Crippen LogP contribution in [0.25, 0.3) is 0 Å². The van der Waals surface area contributed by atoms with Crippen LogP contribution in [0.5, 0.6) is 0 Å². The summed E-state index contributed by atoms with van der Waals surface area (Å²) in [7, 11) is 3.22. The molecule has 0 aliphatic carbocycles. The number of benzene rings is 1. The van der Waals surface area contributed by atoms with E-state index in [4.69, 9.17) is 9.47 Å². The van der Waals surface area contributed by atoms with E-state index in [0.29, 0.717) is 12.0 Å². The Kier molecular flexibility index (Phi) is 9.45. The van der Waals surface area contributed by atoms with Gasteiger partial charge in [-0.25, -0.2) is 8.78 Å². The molecular weight excluding hydrogens is 310 g/mol. The molecule has 0 amide bonds. The molecule has 1 unspecified atom stereocenters. The molecule has 24 heavy (non-hydrogen) atoms. The summed E-state index contributed by atoms with van der Waals surface area (Å²) in [5, 5.41) is 0. The number of halogens is 2. The molecule has 2 nitrogen and oxygen atoms in total. The molecular formula is C20H32F2O2. The molecule has 0 fully saturated rings. The largest absolute Gasteiger partial charge is 0.353 e. The number of hydrogen-bond acceptors (Lipinski definition) is 2. The zero-order valence-electron chi connectivity index (χ0n) is 15.5. The topological polar surface area (TPSA) is 18.5 Å².